The van der Waals surface area contributed by atoms with Crippen molar-refractivity contribution >= 4 is 0 Å². The molecular formula is C10H8N2O. The Morgan fingerprint density at radius 3 is 2.54 bits per heavy atom. The maximum absolute atomic E-state index is 11.3. The Morgan fingerprint density at radius 1 is 1.08 bits per heavy atom. The fourth-order valence-corrected chi connectivity index (χ4v) is 1.13. The summed E-state index contributed by atoms with van der Waals surface area (Å²) in [5.41, 5.74) is 0.766. The summed E-state index contributed by atoms with van der Waals surface area (Å²) >= 11 is 0. The van der Waals surface area contributed by atoms with Gasteiger partial charge in [-0.15, -0.1) is 0 Å². The Hall–Kier alpha value is -1.90. The van der Waals surface area contributed by atoms with Crippen LogP contribution >= 0.6 is 0 Å². The third kappa shape index (κ3) is 1.49. The topological polar surface area (TPSA) is 34.9 Å². The number of hydrogen-bond donors (Lipinski definition) is 0. The molecule has 0 saturated carbocycles. The van der Waals surface area contributed by atoms with E-state index in [1.807, 2.05) is 30.3 Å². The van der Waals surface area contributed by atoms with Crippen LogP contribution in [0.3, 0.4) is 0 Å². The summed E-state index contributed by atoms with van der Waals surface area (Å²) in [7, 11) is 0. The molecule has 0 amide bonds. The van der Waals surface area contributed by atoms with Crippen LogP contribution in [0, 0.1) is 0 Å². The van der Waals surface area contributed by atoms with Crippen LogP contribution < -0.4 is 5.56 Å². The van der Waals surface area contributed by atoms with Crippen molar-refractivity contribution in [2.45, 2.75) is 0 Å². The van der Waals surface area contributed by atoms with E-state index in [0.29, 0.717) is 0 Å². The van der Waals surface area contributed by atoms with Gasteiger partial charge in [-0.2, -0.15) is 0 Å². The van der Waals surface area contributed by atoms with Crippen LogP contribution in [-0.4, -0.2) is 9.55 Å². The monoisotopic (exact) mass is 172 g/mol. The maximum Gasteiger partial charge on any atom is 0.257 e. The Morgan fingerprint density at radius 2 is 1.85 bits per heavy atom. The first-order valence-corrected chi connectivity index (χ1v) is 3.96. The molecule has 1 aromatic heterocycles. The van der Waals surface area contributed by atoms with Crippen molar-refractivity contribution in [1.82, 2.24) is 9.55 Å². The number of rotatable bonds is 1. The van der Waals surface area contributed by atoms with E-state index >= 15 is 0 Å². The zero-order valence-electron chi connectivity index (χ0n) is 6.92. The number of para-hydroxylation sites is 1. The lowest BCUT2D eigenvalue weighted by Gasteiger charge is -2.01. The molecule has 0 fully saturated rings. The van der Waals surface area contributed by atoms with Crippen LogP contribution in [-0.2, 0) is 0 Å². The minimum atomic E-state index is -0.0683. The van der Waals surface area contributed by atoms with Gasteiger partial charge in [0.25, 0.3) is 5.56 Å². The average molecular weight is 172 g/mol. The molecule has 0 aliphatic heterocycles. The van der Waals surface area contributed by atoms with Gasteiger partial charge in [-0.1, -0.05) is 18.2 Å². The normalized spacial score (nSPS) is 9.85. The van der Waals surface area contributed by atoms with Gasteiger partial charge in [-0.05, 0) is 12.1 Å². The molecule has 1 aromatic carbocycles. The summed E-state index contributed by atoms with van der Waals surface area (Å²) in [4.78, 5) is 15.2. The molecule has 0 saturated heterocycles. The van der Waals surface area contributed by atoms with Crippen LogP contribution in [0.5, 0.6) is 0 Å². The van der Waals surface area contributed by atoms with Gasteiger partial charge in [0.05, 0.1) is 5.69 Å². The molecule has 2 aromatic rings. The number of nitrogens with zero attached hydrogens (tertiary/aromatic N) is 2. The highest BCUT2D eigenvalue weighted by Crippen LogP contribution is 2.01. The average Bonchev–Trinajstić information content (AvgIpc) is 2.20. The van der Waals surface area contributed by atoms with E-state index in [2.05, 4.69) is 4.98 Å². The summed E-state index contributed by atoms with van der Waals surface area (Å²) < 4.78 is 1.50. The van der Waals surface area contributed by atoms with Crippen LogP contribution in [0.4, 0.5) is 0 Å². The van der Waals surface area contributed by atoms with Gasteiger partial charge in [0.1, 0.15) is 6.33 Å². The van der Waals surface area contributed by atoms with E-state index in [1.54, 1.807) is 0 Å². The lowest BCUT2D eigenvalue weighted by molar-refractivity contribution is 0.936. The largest absolute Gasteiger partial charge is 0.269 e. The molecular weight excluding hydrogens is 164 g/mol. The van der Waals surface area contributed by atoms with Gasteiger partial charge in [-0.25, -0.2) is 4.98 Å². The van der Waals surface area contributed by atoms with E-state index in [9.17, 15) is 4.79 Å². The predicted molar refractivity (Wildman–Crippen MR) is 49.8 cm³/mol. The van der Waals surface area contributed by atoms with Gasteiger partial charge in [0, 0.05) is 12.3 Å². The lowest BCUT2D eigenvalue weighted by atomic mass is 10.3. The molecule has 0 spiro atoms. The second-order valence-electron chi connectivity index (χ2n) is 2.62. The summed E-state index contributed by atoms with van der Waals surface area (Å²) in [6.45, 7) is 0. The Kier molecular flexibility index (Phi) is 1.92. The molecule has 0 N–H and O–H groups in total. The highest BCUT2D eigenvalue weighted by atomic mass is 16.1. The molecule has 0 radical (unpaired) electrons. The second kappa shape index (κ2) is 3.23. The van der Waals surface area contributed by atoms with E-state index in [0.717, 1.165) is 5.69 Å². The van der Waals surface area contributed by atoms with E-state index < -0.39 is 0 Å². The predicted octanol–water partition coefficient (Wildman–Crippen LogP) is 1.23. The van der Waals surface area contributed by atoms with Crippen molar-refractivity contribution in [1.29, 1.82) is 0 Å². The molecule has 0 aliphatic carbocycles. The quantitative estimate of drug-likeness (QED) is 0.648. The number of benzene rings is 1. The number of aromatic nitrogens is 2. The standard InChI is InChI=1S/C10H8N2O/c13-10-6-7-11-8-12(10)9-4-2-1-3-5-9/h1-8H. The molecule has 2 rings (SSSR count). The zero-order chi connectivity index (χ0) is 9.10. The fourth-order valence-electron chi connectivity index (χ4n) is 1.13. The van der Waals surface area contributed by atoms with E-state index in [4.69, 9.17) is 0 Å². The smallest absolute Gasteiger partial charge is 0.257 e. The molecule has 0 atom stereocenters. The Bertz CT molecular complexity index is 448. The highest BCUT2D eigenvalue weighted by Gasteiger charge is 1.95. The van der Waals surface area contributed by atoms with Crippen LogP contribution in [0.1, 0.15) is 0 Å². The fraction of sp³-hybridized carbons (Fsp3) is 0. The first-order chi connectivity index (χ1) is 6.38. The molecule has 1 heterocycles. The van der Waals surface area contributed by atoms with Gasteiger partial charge < -0.3 is 0 Å². The van der Waals surface area contributed by atoms with Crippen molar-refractivity contribution in [3.8, 4) is 5.69 Å². The summed E-state index contributed by atoms with van der Waals surface area (Å²) in [5.74, 6) is 0. The van der Waals surface area contributed by atoms with E-state index in [-0.39, 0.29) is 5.56 Å². The minimum Gasteiger partial charge on any atom is -0.269 e. The highest BCUT2D eigenvalue weighted by molar-refractivity contribution is 5.30. The number of hydrogen-bond acceptors (Lipinski definition) is 2. The van der Waals surface area contributed by atoms with Crippen LogP contribution in [0.25, 0.3) is 5.69 Å². The molecule has 64 valence electrons. The van der Waals surface area contributed by atoms with Crippen LogP contribution in [0.15, 0.2) is 53.7 Å². The van der Waals surface area contributed by atoms with Crippen molar-refractivity contribution < 1.29 is 0 Å². The molecule has 0 aliphatic rings. The van der Waals surface area contributed by atoms with Gasteiger partial charge in [0.15, 0.2) is 0 Å². The van der Waals surface area contributed by atoms with Gasteiger partial charge in [0.2, 0.25) is 0 Å². The van der Waals surface area contributed by atoms with Crippen molar-refractivity contribution in [3.05, 3.63) is 59.3 Å². The SMILES string of the molecule is O=c1ccncn1-c1ccccc1. The zero-order valence-corrected chi connectivity index (χ0v) is 6.92. The van der Waals surface area contributed by atoms with Crippen molar-refractivity contribution in [2.24, 2.45) is 0 Å². The molecule has 3 nitrogen and oxygen atoms in total. The van der Waals surface area contributed by atoms with E-state index in [1.165, 1.54) is 23.2 Å². The third-order valence-electron chi connectivity index (χ3n) is 1.76. The van der Waals surface area contributed by atoms with Crippen LogP contribution in [0.2, 0.25) is 0 Å². The first-order valence-electron chi connectivity index (χ1n) is 3.96. The maximum atomic E-state index is 11.3. The molecule has 0 bridgehead atoms. The minimum absolute atomic E-state index is 0.0683. The van der Waals surface area contributed by atoms with Gasteiger partial charge in [-0.3, -0.25) is 9.36 Å². The second-order valence-corrected chi connectivity index (χ2v) is 2.62. The lowest BCUT2D eigenvalue weighted by Crippen LogP contribution is -2.16. The molecule has 3 heteroatoms. The molecule has 0 unspecified atom stereocenters. The Balaban J connectivity index is 2.60. The summed E-state index contributed by atoms with van der Waals surface area (Å²) in [6, 6.07) is 10.8. The summed E-state index contributed by atoms with van der Waals surface area (Å²) in [5, 5.41) is 0. The molecule has 13 heavy (non-hydrogen) atoms. The van der Waals surface area contributed by atoms with Crippen molar-refractivity contribution in [3.63, 3.8) is 0 Å². The van der Waals surface area contributed by atoms with Gasteiger partial charge >= 0.3 is 0 Å². The third-order valence-corrected chi connectivity index (χ3v) is 1.76. The summed E-state index contributed by atoms with van der Waals surface area (Å²) in [6.07, 6.45) is 3.00. The Labute approximate surface area is 75.3 Å². The first kappa shape index (κ1) is 7.73. The van der Waals surface area contributed by atoms with Crippen molar-refractivity contribution in [2.75, 3.05) is 0 Å².